The Labute approximate surface area is 231 Å². The standard InChI is InChI=1S/C32H28N2O6/c1-20-5-9-22(10-6-20)31(35)38-19-28-27(40-32(36)23-11-7-21(2)8-12-23)18-29(39-28)34-16-14-25-24(13-15-33-30(25)34)26-4-3-17-37-26/h3-17,27-29H,18-19H2,1-2H3/t27-,28+,29+/m0/s1. The molecule has 8 heteroatoms. The van der Waals surface area contributed by atoms with Crippen molar-refractivity contribution in [3.63, 3.8) is 0 Å². The Morgan fingerprint density at radius 2 is 1.62 bits per heavy atom. The third-order valence-corrected chi connectivity index (χ3v) is 7.10. The van der Waals surface area contributed by atoms with E-state index < -0.39 is 30.4 Å². The molecule has 8 nitrogen and oxygen atoms in total. The van der Waals surface area contributed by atoms with Gasteiger partial charge in [-0.3, -0.25) is 0 Å². The molecule has 0 amide bonds. The van der Waals surface area contributed by atoms with Gasteiger partial charge in [0, 0.05) is 29.8 Å². The van der Waals surface area contributed by atoms with Crippen molar-refractivity contribution in [2.45, 2.75) is 38.7 Å². The van der Waals surface area contributed by atoms with Crippen LogP contribution in [-0.2, 0) is 14.2 Å². The molecule has 202 valence electrons. The van der Waals surface area contributed by atoms with Crippen molar-refractivity contribution in [2.75, 3.05) is 6.61 Å². The van der Waals surface area contributed by atoms with Crippen molar-refractivity contribution in [1.82, 2.24) is 9.55 Å². The molecule has 0 radical (unpaired) electrons. The van der Waals surface area contributed by atoms with E-state index in [1.165, 1.54) is 0 Å². The Morgan fingerprint density at radius 1 is 0.925 bits per heavy atom. The predicted octanol–water partition coefficient (Wildman–Crippen LogP) is 6.28. The van der Waals surface area contributed by atoms with E-state index in [4.69, 9.17) is 18.6 Å². The van der Waals surface area contributed by atoms with Gasteiger partial charge in [-0.1, -0.05) is 35.4 Å². The molecule has 3 aromatic heterocycles. The zero-order valence-electron chi connectivity index (χ0n) is 22.2. The zero-order chi connectivity index (χ0) is 27.6. The Balaban J connectivity index is 1.25. The van der Waals surface area contributed by atoms with Crippen LogP contribution in [0.15, 0.2) is 95.9 Å². The first-order valence-corrected chi connectivity index (χ1v) is 13.1. The summed E-state index contributed by atoms with van der Waals surface area (Å²) in [5.41, 5.74) is 4.60. The highest BCUT2D eigenvalue weighted by Gasteiger charge is 2.40. The van der Waals surface area contributed by atoms with Gasteiger partial charge in [0.25, 0.3) is 0 Å². The molecule has 1 aliphatic heterocycles. The number of pyridine rings is 1. The predicted molar refractivity (Wildman–Crippen MR) is 148 cm³/mol. The molecule has 0 aliphatic carbocycles. The lowest BCUT2D eigenvalue weighted by Crippen LogP contribution is -2.32. The molecule has 2 aromatic carbocycles. The SMILES string of the molecule is Cc1ccc(C(=O)OC[C@H]2O[C@@H](n3ccc4c(-c5ccco5)ccnc43)C[C@@H]2OC(=O)c2ccc(C)cc2)cc1. The topological polar surface area (TPSA) is 92.8 Å². The van der Waals surface area contributed by atoms with Gasteiger partial charge in [0.2, 0.25) is 0 Å². The summed E-state index contributed by atoms with van der Waals surface area (Å²) < 4.78 is 25.4. The Morgan fingerprint density at radius 3 is 2.30 bits per heavy atom. The van der Waals surface area contributed by atoms with Gasteiger partial charge in [-0.05, 0) is 62.4 Å². The molecule has 5 aromatic rings. The number of esters is 2. The molecular weight excluding hydrogens is 508 g/mol. The minimum absolute atomic E-state index is 0.0701. The van der Waals surface area contributed by atoms with E-state index in [-0.39, 0.29) is 6.61 Å². The average Bonchev–Trinajstić information content (AvgIpc) is 3.72. The first-order valence-electron chi connectivity index (χ1n) is 13.1. The van der Waals surface area contributed by atoms with Crippen LogP contribution in [0.4, 0.5) is 0 Å². The lowest BCUT2D eigenvalue weighted by Gasteiger charge is -2.19. The summed E-state index contributed by atoms with van der Waals surface area (Å²) in [6, 6.07) is 21.9. The number of nitrogens with zero attached hydrogens (tertiary/aromatic N) is 2. The Bertz CT molecular complexity index is 1640. The lowest BCUT2D eigenvalue weighted by molar-refractivity contribution is -0.0562. The number of aromatic nitrogens is 2. The minimum Gasteiger partial charge on any atom is -0.464 e. The second-order valence-corrected chi connectivity index (χ2v) is 9.94. The number of carbonyl (C=O) groups is 2. The van der Waals surface area contributed by atoms with Crippen LogP contribution in [0.5, 0.6) is 0 Å². The monoisotopic (exact) mass is 536 g/mol. The van der Waals surface area contributed by atoms with Crippen molar-refractivity contribution < 1.29 is 28.2 Å². The molecule has 0 N–H and O–H groups in total. The van der Waals surface area contributed by atoms with Crippen LogP contribution in [0.2, 0.25) is 0 Å². The van der Waals surface area contributed by atoms with Crippen molar-refractivity contribution in [3.8, 4) is 11.3 Å². The molecular formula is C32H28N2O6. The van der Waals surface area contributed by atoms with E-state index in [0.29, 0.717) is 23.2 Å². The molecule has 40 heavy (non-hydrogen) atoms. The van der Waals surface area contributed by atoms with Crippen molar-refractivity contribution in [1.29, 1.82) is 0 Å². The van der Waals surface area contributed by atoms with E-state index in [2.05, 4.69) is 4.98 Å². The highest BCUT2D eigenvalue weighted by molar-refractivity contribution is 5.92. The summed E-state index contributed by atoms with van der Waals surface area (Å²) >= 11 is 0. The molecule has 3 atom stereocenters. The van der Waals surface area contributed by atoms with Gasteiger partial charge in [-0.2, -0.15) is 0 Å². The maximum absolute atomic E-state index is 13.0. The molecule has 1 aliphatic rings. The van der Waals surface area contributed by atoms with Crippen molar-refractivity contribution in [2.24, 2.45) is 0 Å². The third kappa shape index (κ3) is 5.13. The fraction of sp³-hybridized carbons (Fsp3) is 0.219. The van der Waals surface area contributed by atoms with Crippen LogP contribution in [-0.4, -0.2) is 40.3 Å². The fourth-order valence-electron chi connectivity index (χ4n) is 4.91. The molecule has 1 fully saturated rings. The van der Waals surface area contributed by atoms with Gasteiger partial charge in [-0.25, -0.2) is 14.6 Å². The maximum atomic E-state index is 13.0. The zero-order valence-corrected chi connectivity index (χ0v) is 22.2. The average molecular weight is 537 g/mol. The Hall–Kier alpha value is -4.69. The van der Waals surface area contributed by atoms with Crippen LogP contribution in [0.1, 0.15) is 44.5 Å². The second kappa shape index (κ2) is 10.8. The van der Waals surface area contributed by atoms with Crippen molar-refractivity contribution >= 4 is 23.0 Å². The summed E-state index contributed by atoms with van der Waals surface area (Å²) in [6.07, 6.45) is 3.82. The first kappa shape index (κ1) is 25.6. The summed E-state index contributed by atoms with van der Waals surface area (Å²) in [5, 5.41) is 0.906. The van der Waals surface area contributed by atoms with Crippen LogP contribution >= 0.6 is 0 Å². The Kier molecular flexibility index (Phi) is 6.92. The summed E-state index contributed by atoms with van der Waals surface area (Å²) in [7, 11) is 0. The number of fused-ring (bicyclic) bond motifs is 1. The van der Waals surface area contributed by atoms with Gasteiger partial charge in [-0.15, -0.1) is 0 Å². The van der Waals surface area contributed by atoms with Gasteiger partial charge < -0.3 is 23.2 Å². The molecule has 0 unspecified atom stereocenters. The summed E-state index contributed by atoms with van der Waals surface area (Å²) in [5.74, 6) is -0.185. The lowest BCUT2D eigenvalue weighted by atomic mass is 10.1. The molecule has 0 bridgehead atoms. The van der Waals surface area contributed by atoms with Crippen LogP contribution in [0.25, 0.3) is 22.4 Å². The second-order valence-electron chi connectivity index (χ2n) is 9.94. The summed E-state index contributed by atoms with van der Waals surface area (Å²) in [6.45, 7) is 3.83. The fourth-order valence-corrected chi connectivity index (χ4v) is 4.91. The number of hydrogen-bond acceptors (Lipinski definition) is 7. The maximum Gasteiger partial charge on any atom is 0.338 e. The summed E-state index contributed by atoms with van der Waals surface area (Å²) in [4.78, 5) is 30.3. The van der Waals surface area contributed by atoms with Gasteiger partial charge in [0.05, 0.1) is 17.4 Å². The van der Waals surface area contributed by atoms with Crippen molar-refractivity contribution in [3.05, 3.63) is 114 Å². The number of rotatable bonds is 7. The number of carbonyl (C=O) groups excluding carboxylic acids is 2. The van der Waals surface area contributed by atoms with Gasteiger partial charge >= 0.3 is 11.9 Å². The van der Waals surface area contributed by atoms with Crippen LogP contribution < -0.4 is 0 Å². The van der Waals surface area contributed by atoms with E-state index in [1.54, 1.807) is 36.7 Å². The first-order chi connectivity index (χ1) is 19.5. The highest BCUT2D eigenvalue weighted by atomic mass is 16.6. The molecule has 6 rings (SSSR count). The molecule has 0 spiro atoms. The molecule has 1 saturated heterocycles. The number of hydrogen-bond donors (Lipinski definition) is 0. The molecule has 0 saturated carbocycles. The smallest absolute Gasteiger partial charge is 0.338 e. The van der Waals surface area contributed by atoms with Crippen LogP contribution in [0.3, 0.4) is 0 Å². The normalized spacial score (nSPS) is 18.6. The minimum atomic E-state index is -0.667. The van der Waals surface area contributed by atoms with E-state index in [0.717, 1.165) is 27.8 Å². The van der Waals surface area contributed by atoms with Gasteiger partial charge in [0.1, 0.15) is 36.5 Å². The largest absolute Gasteiger partial charge is 0.464 e. The highest BCUT2D eigenvalue weighted by Crippen LogP contribution is 2.36. The number of benzene rings is 2. The number of ether oxygens (including phenoxy) is 3. The van der Waals surface area contributed by atoms with E-state index >= 15 is 0 Å². The third-order valence-electron chi connectivity index (χ3n) is 7.10. The number of aryl methyl sites for hydroxylation is 2. The number of furan rings is 1. The van der Waals surface area contributed by atoms with Gasteiger partial charge in [0.15, 0.2) is 0 Å². The van der Waals surface area contributed by atoms with E-state index in [1.807, 2.05) is 73.1 Å². The van der Waals surface area contributed by atoms with E-state index in [9.17, 15) is 9.59 Å². The quantitative estimate of drug-likeness (QED) is 0.226. The van der Waals surface area contributed by atoms with Crippen LogP contribution in [0, 0.1) is 13.8 Å². The molecule has 4 heterocycles.